The molecule has 3 rings (SSSR count). The molecule has 0 fully saturated rings. The van der Waals surface area contributed by atoms with E-state index in [0.717, 1.165) is 15.5 Å². The predicted molar refractivity (Wildman–Crippen MR) is 87.9 cm³/mol. The number of nitrogens with one attached hydrogen (secondary N) is 1. The van der Waals surface area contributed by atoms with Gasteiger partial charge in [0.15, 0.2) is 0 Å². The summed E-state index contributed by atoms with van der Waals surface area (Å²) < 4.78 is 0.892. The summed E-state index contributed by atoms with van der Waals surface area (Å²) in [6.45, 7) is 0.714. The van der Waals surface area contributed by atoms with Gasteiger partial charge >= 0.3 is 0 Å². The fraction of sp³-hybridized carbons (Fsp3) is 0.0588. The third-order valence-electron chi connectivity index (χ3n) is 3.34. The Morgan fingerprint density at radius 1 is 1.19 bits per heavy atom. The number of rotatable bonds is 3. The average Bonchev–Trinajstić information content (AvgIpc) is 2.53. The molecule has 0 saturated carbocycles. The lowest BCUT2D eigenvalue weighted by atomic mass is 10.1. The molecular formula is C17H12BrN3. The first-order valence-electron chi connectivity index (χ1n) is 6.53. The lowest BCUT2D eigenvalue weighted by Crippen LogP contribution is -2.01. The molecule has 0 saturated heterocycles. The highest BCUT2D eigenvalue weighted by atomic mass is 79.9. The van der Waals surface area contributed by atoms with E-state index >= 15 is 0 Å². The third kappa shape index (κ3) is 2.88. The summed E-state index contributed by atoms with van der Waals surface area (Å²) in [5.74, 6) is 0. The van der Waals surface area contributed by atoms with Crippen molar-refractivity contribution in [1.82, 2.24) is 4.98 Å². The zero-order valence-electron chi connectivity index (χ0n) is 11.2. The van der Waals surface area contributed by atoms with Gasteiger partial charge in [-0.3, -0.25) is 4.98 Å². The second-order valence-corrected chi connectivity index (χ2v) is 5.53. The molecule has 3 aromatic rings. The van der Waals surface area contributed by atoms with Crippen molar-refractivity contribution in [2.75, 3.05) is 5.32 Å². The van der Waals surface area contributed by atoms with Crippen LogP contribution in [0.1, 0.15) is 11.1 Å². The summed E-state index contributed by atoms with van der Waals surface area (Å²) in [7, 11) is 0. The molecular weight excluding hydrogens is 326 g/mol. The first-order valence-corrected chi connectivity index (χ1v) is 7.32. The number of anilines is 1. The number of halogens is 1. The van der Waals surface area contributed by atoms with Crippen LogP contribution in [-0.4, -0.2) is 4.98 Å². The first kappa shape index (κ1) is 13.6. The number of aromatic nitrogens is 1. The topological polar surface area (TPSA) is 48.7 Å². The van der Waals surface area contributed by atoms with Gasteiger partial charge in [0, 0.05) is 34.5 Å². The van der Waals surface area contributed by atoms with Crippen LogP contribution in [0.2, 0.25) is 0 Å². The van der Waals surface area contributed by atoms with E-state index in [4.69, 9.17) is 5.26 Å². The molecule has 0 radical (unpaired) electrons. The molecule has 0 bridgehead atoms. The number of hydrogen-bond donors (Lipinski definition) is 1. The van der Waals surface area contributed by atoms with E-state index in [0.29, 0.717) is 12.1 Å². The lowest BCUT2D eigenvalue weighted by Gasteiger charge is -2.11. The van der Waals surface area contributed by atoms with Crippen LogP contribution < -0.4 is 5.32 Å². The van der Waals surface area contributed by atoms with Crippen molar-refractivity contribution < 1.29 is 0 Å². The number of nitriles is 1. The van der Waals surface area contributed by atoms with Crippen molar-refractivity contribution in [1.29, 1.82) is 5.26 Å². The van der Waals surface area contributed by atoms with E-state index in [1.165, 1.54) is 10.9 Å². The van der Waals surface area contributed by atoms with Crippen LogP contribution in [-0.2, 0) is 6.54 Å². The fourth-order valence-corrected chi connectivity index (χ4v) is 2.78. The number of pyridine rings is 1. The molecule has 21 heavy (non-hydrogen) atoms. The third-order valence-corrected chi connectivity index (χ3v) is 3.99. The first-order chi connectivity index (χ1) is 10.3. The van der Waals surface area contributed by atoms with Crippen LogP contribution in [0.3, 0.4) is 0 Å². The minimum absolute atomic E-state index is 0.642. The zero-order valence-corrected chi connectivity index (χ0v) is 12.8. The van der Waals surface area contributed by atoms with E-state index in [9.17, 15) is 0 Å². The Kier molecular flexibility index (Phi) is 3.85. The Bertz CT molecular complexity index is 832. The summed E-state index contributed by atoms with van der Waals surface area (Å²) in [5.41, 5.74) is 2.83. The number of fused-ring (bicyclic) bond motifs is 1. The van der Waals surface area contributed by atoms with E-state index in [2.05, 4.69) is 44.4 Å². The molecule has 102 valence electrons. The summed E-state index contributed by atoms with van der Waals surface area (Å²) in [6.07, 6.45) is 3.68. The summed E-state index contributed by atoms with van der Waals surface area (Å²) in [4.78, 5) is 4.15. The highest BCUT2D eigenvalue weighted by Gasteiger charge is 2.04. The summed E-state index contributed by atoms with van der Waals surface area (Å²) in [5, 5.41) is 14.6. The average molecular weight is 338 g/mol. The van der Waals surface area contributed by atoms with Gasteiger partial charge in [0.25, 0.3) is 0 Å². The number of hydrogen-bond acceptors (Lipinski definition) is 3. The van der Waals surface area contributed by atoms with Gasteiger partial charge in [0.05, 0.1) is 11.6 Å². The fourth-order valence-electron chi connectivity index (χ4n) is 2.26. The molecule has 0 aliphatic rings. The molecule has 0 aliphatic carbocycles. The van der Waals surface area contributed by atoms with Gasteiger partial charge in [0.1, 0.15) is 0 Å². The maximum atomic E-state index is 8.88. The molecule has 0 aliphatic heterocycles. The Morgan fingerprint density at radius 3 is 2.90 bits per heavy atom. The van der Waals surface area contributed by atoms with Gasteiger partial charge in [-0.05, 0) is 51.1 Å². The largest absolute Gasteiger partial charge is 0.380 e. The maximum Gasteiger partial charge on any atom is 0.0992 e. The molecule has 1 N–H and O–H groups in total. The normalized spacial score (nSPS) is 10.3. The Morgan fingerprint density at radius 2 is 2.10 bits per heavy atom. The highest BCUT2D eigenvalue weighted by molar-refractivity contribution is 9.10. The van der Waals surface area contributed by atoms with Crippen molar-refractivity contribution in [3.63, 3.8) is 0 Å². The Labute approximate surface area is 131 Å². The molecule has 2 aromatic carbocycles. The molecule has 1 aromatic heterocycles. The zero-order chi connectivity index (χ0) is 14.7. The van der Waals surface area contributed by atoms with Gasteiger partial charge < -0.3 is 5.32 Å². The van der Waals surface area contributed by atoms with Crippen molar-refractivity contribution >= 4 is 32.4 Å². The molecule has 0 spiro atoms. The Hall–Kier alpha value is -2.38. The van der Waals surface area contributed by atoms with Crippen molar-refractivity contribution in [3.8, 4) is 6.07 Å². The minimum Gasteiger partial charge on any atom is -0.380 e. The van der Waals surface area contributed by atoms with Crippen LogP contribution in [0.25, 0.3) is 10.8 Å². The molecule has 1 heterocycles. The number of nitrogens with zero attached hydrogens (tertiary/aromatic N) is 2. The SMILES string of the molecule is N#Cc1ccc(NCc2cccc3cnccc23)c(Br)c1. The van der Waals surface area contributed by atoms with Crippen molar-refractivity contribution in [3.05, 3.63) is 70.5 Å². The van der Waals surface area contributed by atoms with Gasteiger partial charge in [-0.2, -0.15) is 5.26 Å². The maximum absolute atomic E-state index is 8.88. The molecule has 3 nitrogen and oxygen atoms in total. The smallest absolute Gasteiger partial charge is 0.0992 e. The van der Waals surface area contributed by atoms with Gasteiger partial charge in [-0.15, -0.1) is 0 Å². The molecule has 0 atom stereocenters. The van der Waals surface area contributed by atoms with E-state index in [1.54, 1.807) is 6.07 Å². The minimum atomic E-state index is 0.642. The van der Waals surface area contributed by atoms with Crippen LogP contribution >= 0.6 is 15.9 Å². The highest BCUT2D eigenvalue weighted by Crippen LogP contribution is 2.25. The molecule has 0 amide bonds. The van der Waals surface area contributed by atoms with Crippen LogP contribution in [0, 0.1) is 11.3 Å². The Balaban J connectivity index is 1.86. The summed E-state index contributed by atoms with van der Waals surface area (Å²) in [6, 6.07) is 15.9. The predicted octanol–water partition coefficient (Wildman–Crippen LogP) is 4.48. The van der Waals surface area contributed by atoms with Crippen LogP contribution in [0.15, 0.2) is 59.3 Å². The summed E-state index contributed by atoms with van der Waals surface area (Å²) >= 11 is 3.49. The van der Waals surface area contributed by atoms with E-state index in [-0.39, 0.29) is 0 Å². The lowest BCUT2D eigenvalue weighted by molar-refractivity contribution is 1.16. The second-order valence-electron chi connectivity index (χ2n) is 4.67. The van der Waals surface area contributed by atoms with Crippen molar-refractivity contribution in [2.24, 2.45) is 0 Å². The van der Waals surface area contributed by atoms with Crippen LogP contribution in [0.5, 0.6) is 0 Å². The van der Waals surface area contributed by atoms with E-state index < -0.39 is 0 Å². The monoisotopic (exact) mass is 337 g/mol. The van der Waals surface area contributed by atoms with Gasteiger partial charge in [0.2, 0.25) is 0 Å². The van der Waals surface area contributed by atoms with E-state index in [1.807, 2.05) is 36.7 Å². The molecule has 0 unspecified atom stereocenters. The standard InChI is InChI=1S/C17H12BrN3/c18-16-8-12(9-19)4-5-17(16)21-11-14-3-1-2-13-10-20-7-6-15(13)14/h1-8,10,21H,11H2. The number of benzene rings is 2. The quantitative estimate of drug-likeness (QED) is 0.766. The second kappa shape index (κ2) is 5.94. The van der Waals surface area contributed by atoms with Gasteiger partial charge in [-0.25, -0.2) is 0 Å². The van der Waals surface area contributed by atoms with Gasteiger partial charge in [-0.1, -0.05) is 18.2 Å². The molecule has 4 heteroatoms. The van der Waals surface area contributed by atoms with Crippen molar-refractivity contribution in [2.45, 2.75) is 6.54 Å². The van der Waals surface area contributed by atoms with Crippen LogP contribution in [0.4, 0.5) is 5.69 Å².